The number of thioether (sulfide) groups is 1. The molecule has 1 aliphatic rings. The molecule has 0 aromatic carbocycles. The number of carbonyl (C=O) groups is 1. The van der Waals surface area contributed by atoms with E-state index < -0.39 is 5.91 Å². The number of primary amides is 1. The van der Waals surface area contributed by atoms with E-state index in [2.05, 4.69) is 0 Å². The summed E-state index contributed by atoms with van der Waals surface area (Å²) < 4.78 is 4.93. The second-order valence-corrected chi connectivity index (χ2v) is 2.67. The maximum Gasteiger partial charge on any atom is 0.258 e. The molecule has 1 heterocycles. The average Bonchev–Trinajstić information content (AvgIpc) is 1.88. The summed E-state index contributed by atoms with van der Waals surface area (Å²) in [4.78, 5) is 11.1. The summed E-state index contributed by atoms with van der Waals surface area (Å²) in [6.45, 7) is 1.70. The topological polar surface area (TPSA) is 52.3 Å². The number of rotatable bonds is 1. The molecule has 0 aromatic heterocycles. The lowest BCUT2D eigenvalue weighted by Gasteiger charge is -2.08. The number of allylic oxidation sites excluding steroid dienone is 1. The third-order valence-electron chi connectivity index (χ3n) is 1.03. The van der Waals surface area contributed by atoms with Gasteiger partial charge in [-0.2, -0.15) is 0 Å². The molecule has 0 radical (unpaired) electrons. The predicted octanol–water partition coefficient (Wildman–Crippen LogP) is 0.938. The number of nitrogens with two attached hydrogens (primary N) is 1. The minimum absolute atomic E-state index is 0.438. The van der Waals surface area contributed by atoms with E-state index in [9.17, 15) is 4.79 Å². The molecule has 1 rings (SSSR count). The fourth-order valence-corrected chi connectivity index (χ4v) is 1.17. The van der Waals surface area contributed by atoms with Crippen LogP contribution in [0.3, 0.4) is 0 Å². The first-order chi connectivity index (χ1) is 4.72. The minimum atomic E-state index is -0.438. The molecular weight excluding hydrogens is 150 g/mol. The van der Waals surface area contributed by atoms with Crippen LogP contribution >= 0.6 is 11.8 Å². The van der Waals surface area contributed by atoms with Gasteiger partial charge in [-0.05, 0) is 6.92 Å². The van der Waals surface area contributed by atoms with Crippen molar-refractivity contribution in [3.63, 3.8) is 0 Å². The fourth-order valence-electron chi connectivity index (χ4n) is 0.594. The van der Waals surface area contributed by atoms with Gasteiger partial charge in [0.1, 0.15) is 10.7 Å². The number of hydrogen-bond donors (Lipinski definition) is 1. The van der Waals surface area contributed by atoms with Gasteiger partial charge in [0.25, 0.3) is 5.91 Å². The van der Waals surface area contributed by atoms with Crippen molar-refractivity contribution in [1.82, 2.24) is 0 Å². The van der Waals surface area contributed by atoms with Crippen molar-refractivity contribution in [3.05, 3.63) is 22.3 Å². The lowest BCUT2D eigenvalue weighted by Crippen LogP contribution is -2.14. The van der Waals surface area contributed by atoms with Crippen molar-refractivity contribution in [1.29, 1.82) is 0 Å². The summed E-state index contributed by atoms with van der Waals surface area (Å²) in [6, 6.07) is 0. The van der Waals surface area contributed by atoms with E-state index in [0.717, 1.165) is 0 Å². The molecule has 54 valence electrons. The molecule has 0 saturated heterocycles. The van der Waals surface area contributed by atoms with Gasteiger partial charge in [0.05, 0.1) is 6.26 Å². The third kappa shape index (κ3) is 1.33. The number of ether oxygens (including phenoxy) is 1. The molecule has 2 N–H and O–H groups in total. The van der Waals surface area contributed by atoms with Crippen molar-refractivity contribution >= 4 is 17.7 Å². The van der Waals surface area contributed by atoms with Crippen LogP contribution in [-0.2, 0) is 9.53 Å². The Hall–Kier alpha value is -0.900. The largest absolute Gasteiger partial charge is 0.468 e. The Morgan fingerprint density at radius 2 is 2.50 bits per heavy atom. The second kappa shape index (κ2) is 2.79. The summed E-state index contributed by atoms with van der Waals surface area (Å²) in [5, 5.41) is 1.67. The van der Waals surface area contributed by atoms with Gasteiger partial charge in [-0.25, -0.2) is 0 Å². The van der Waals surface area contributed by atoms with Crippen LogP contribution in [0.5, 0.6) is 0 Å². The molecule has 0 unspecified atom stereocenters. The van der Waals surface area contributed by atoms with Crippen LogP contribution in [0.4, 0.5) is 0 Å². The Labute approximate surface area is 62.9 Å². The molecular formula is C6H7NO2S. The molecule has 0 fully saturated rings. The maximum absolute atomic E-state index is 10.6. The second-order valence-electron chi connectivity index (χ2n) is 1.76. The van der Waals surface area contributed by atoms with E-state index in [1.54, 1.807) is 12.3 Å². The van der Waals surface area contributed by atoms with E-state index in [1.807, 2.05) is 0 Å². The van der Waals surface area contributed by atoms with Gasteiger partial charge in [-0.15, -0.1) is 0 Å². The fraction of sp³-hybridized carbons (Fsp3) is 0.167. The Balaban J connectivity index is 2.81. The van der Waals surface area contributed by atoms with Gasteiger partial charge in [0.2, 0.25) is 0 Å². The van der Waals surface area contributed by atoms with Crippen LogP contribution < -0.4 is 5.73 Å². The zero-order valence-corrected chi connectivity index (χ0v) is 6.27. The van der Waals surface area contributed by atoms with Gasteiger partial charge >= 0.3 is 0 Å². The van der Waals surface area contributed by atoms with E-state index in [-0.39, 0.29) is 0 Å². The Kier molecular flexibility index (Phi) is 2.01. The van der Waals surface area contributed by atoms with Crippen molar-refractivity contribution in [2.24, 2.45) is 5.73 Å². The molecule has 0 bridgehead atoms. The van der Waals surface area contributed by atoms with Crippen LogP contribution in [0.2, 0.25) is 0 Å². The van der Waals surface area contributed by atoms with Gasteiger partial charge in [0.15, 0.2) is 0 Å². The van der Waals surface area contributed by atoms with Gasteiger partial charge < -0.3 is 10.5 Å². The molecule has 10 heavy (non-hydrogen) atoms. The number of amides is 1. The lowest BCUT2D eigenvalue weighted by atomic mass is 10.4. The van der Waals surface area contributed by atoms with Crippen LogP contribution in [0.25, 0.3) is 0 Å². The van der Waals surface area contributed by atoms with Gasteiger partial charge in [-0.3, -0.25) is 4.79 Å². The average molecular weight is 157 g/mol. The molecule has 0 spiro atoms. The molecule has 4 heteroatoms. The Bertz CT molecular complexity index is 220. The summed E-state index contributed by atoms with van der Waals surface area (Å²) >= 11 is 1.28. The molecule has 0 saturated carbocycles. The molecule has 1 amide bonds. The Morgan fingerprint density at radius 1 is 1.80 bits per heavy atom. The highest BCUT2D eigenvalue weighted by Gasteiger charge is 2.11. The molecule has 0 aromatic rings. The monoisotopic (exact) mass is 157 g/mol. The highest BCUT2D eigenvalue weighted by Crippen LogP contribution is 2.25. The summed E-state index contributed by atoms with van der Waals surface area (Å²) in [6.07, 6.45) is 1.52. The van der Waals surface area contributed by atoms with Crippen molar-refractivity contribution in [2.45, 2.75) is 6.92 Å². The van der Waals surface area contributed by atoms with Gasteiger partial charge in [0, 0.05) is 5.41 Å². The van der Waals surface area contributed by atoms with E-state index in [1.165, 1.54) is 18.0 Å². The van der Waals surface area contributed by atoms with E-state index >= 15 is 0 Å². The SMILES string of the molecule is CC1=C(C(N)=O)SC=CO1. The first kappa shape index (κ1) is 7.21. The van der Waals surface area contributed by atoms with Crippen LogP contribution in [0.15, 0.2) is 22.3 Å². The lowest BCUT2D eigenvalue weighted by molar-refractivity contribution is -0.114. The normalized spacial score (nSPS) is 16.9. The highest BCUT2D eigenvalue weighted by atomic mass is 32.2. The van der Waals surface area contributed by atoms with E-state index in [0.29, 0.717) is 10.7 Å². The highest BCUT2D eigenvalue weighted by molar-refractivity contribution is 8.06. The predicted molar refractivity (Wildman–Crippen MR) is 39.7 cm³/mol. The first-order valence-electron chi connectivity index (χ1n) is 2.71. The zero-order chi connectivity index (χ0) is 7.56. The Morgan fingerprint density at radius 3 is 2.90 bits per heavy atom. The molecule has 0 aliphatic carbocycles. The summed E-state index contributed by atoms with van der Waals surface area (Å²) in [5.41, 5.74) is 5.03. The molecule has 1 aliphatic heterocycles. The van der Waals surface area contributed by atoms with Crippen molar-refractivity contribution in [3.8, 4) is 0 Å². The molecule has 3 nitrogen and oxygen atoms in total. The summed E-state index contributed by atoms with van der Waals surface area (Å²) in [5.74, 6) is 0.131. The van der Waals surface area contributed by atoms with Crippen molar-refractivity contribution < 1.29 is 9.53 Å². The van der Waals surface area contributed by atoms with Gasteiger partial charge in [-0.1, -0.05) is 11.8 Å². The van der Waals surface area contributed by atoms with Crippen LogP contribution in [0, 0.1) is 0 Å². The number of carbonyl (C=O) groups excluding carboxylic acids is 1. The van der Waals surface area contributed by atoms with Crippen LogP contribution in [0.1, 0.15) is 6.92 Å². The summed E-state index contributed by atoms with van der Waals surface area (Å²) in [7, 11) is 0. The third-order valence-corrected chi connectivity index (χ3v) is 2.00. The smallest absolute Gasteiger partial charge is 0.258 e. The standard InChI is InChI=1S/C6H7NO2S/c1-4-5(6(7)8)10-3-2-9-4/h2-3H,1H3,(H2,7,8). The quantitative estimate of drug-likeness (QED) is 0.616. The first-order valence-corrected chi connectivity index (χ1v) is 3.59. The minimum Gasteiger partial charge on any atom is -0.468 e. The van der Waals surface area contributed by atoms with Crippen molar-refractivity contribution in [2.75, 3.05) is 0 Å². The van der Waals surface area contributed by atoms with E-state index in [4.69, 9.17) is 10.5 Å². The molecule has 0 atom stereocenters. The number of hydrogen-bond acceptors (Lipinski definition) is 3. The zero-order valence-electron chi connectivity index (χ0n) is 5.46. The maximum atomic E-state index is 10.6. The van der Waals surface area contributed by atoms with Crippen LogP contribution in [-0.4, -0.2) is 5.91 Å².